The minimum absolute atomic E-state index is 0.166. The first-order valence-corrected chi connectivity index (χ1v) is 9.86. The SMILES string of the molecule is COCCn1c(C)cc2cc(NC(=O)CN3C(=O)N[C@@](C)(C4CC4)C3=O)ccc21. The number of hydrogen-bond donors (Lipinski definition) is 2. The smallest absolute Gasteiger partial charge is 0.325 e. The van der Waals surface area contributed by atoms with Crippen molar-refractivity contribution in [2.45, 2.75) is 38.8 Å². The highest BCUT2D eigenvalue weighted by molar-refractivity contribution is 6.10. The molecule has 4 rings (SSSR count). The molecular weight excluding hydrogens is 372 g/mol. The van der Waals surface area contributed by atoms with Gasteiger partial charge in [-0.15, -0.1) is 0 Å². The lowest BCUT2D eigenvalue weighted by Crippen LogP contribution is -2.46. The van der Waals surface area contributed by atoms with E-state index in [1.54, 1.807) is 14.0 Å². The lowest BCUT2D eigenvalue weighted by atomic mass is 9.96. The number of carbonyl (C=O) groups excluding carboxylic acids is 3. The number of urea groups is 1. The Balaban J connectivity index is 1.45. The number of nitrogens with zero attached hydrogens (tertiary/aromatic N) is 2. The number of aryl methyl sites for hydroxylation is 1. The molecule has 0 spiro atoms. The number of benzene rings is 1. The molecule has 2 N–H and O–H groups in total. The average Bonchev–Trinajstić information content (AvgIpc) is 3.44. The first-order valence-electron chi connectivity index (χ1n) is 9.86. The molecule has 2 aromatic rings. The van der Waals surface area contributed by atoms with Gasteiger partial charge in [0.2, 0.25) is 5.91 Å². The topological polar surface area (TPSA) is 92.7 Å². The van der Waals surface area contributed by atoms with Crippen LogP contribution < -0.4 is 10.6 Å². The summed E-state index contributed by atoms with van der Waals surface area (Å²) in [7, 11) is 1.67. The molecule has 2 aliphatic rings. The van der Waals surface area contributed by atoms with Gasteiger partial charge < -0.3 is 19.9 Å². The van der Waals surface area contributed by atoms with Crippen LogP contribution in [0, 0.1) is 12.8 Å². The van der Waals surface area contributed by atoms with Crippen molar-refractivity contribution in [2.75, 3.05) is 25.6 Å². The molecule has 154 valence electrons. The molecule has 1 saturated heterocycles. The van der Waals surface area contributed by atoms with Crippen LogP contribution >= 0.6 is 0 Å². The lowest BCUT2D eigenvalue weighted by Gasteiger charge is -2.20. The van der Waals surface area contributed by atoms with Crippen LogP contribution in [0.25, 0.3) is 10.9 Å². The fourth-order valence-electron chi connectivity index (χ4n) is 4.11. The first kappa shape index (κ1) is 19.4. The second-order valence-electron chi connectivity index (χ2n) is 8.05. The third kappa shape index (κ3) is 3.48. The van der Waals surface area contributed by atoms with Crippen molar-refractivity contribution in [3.63, 3.8) is 0 Å². The molecule has 0 unspecified atom stereocenters. The number of aromatic nitrogens is 1. The van der Waals surface area contributed by atoms with Crippen LogP contribution in [0.3, 0.4) is 0 Å². The molecule has 1 saturated carbocycles. The minimum Gasteiger partial charge on any atom is -0.383 e. The molecule has 0 bridgehead atoms. The maximum atomic E-state index is 12.7. The van der Waals surface area contributed by atoms with E-state index in [1.165, 1.54) is 0 Å². The van der Waals surface area contributed by atoms with Gasteiger partial charge in [0.1, 0.15) is 12.1 Å². The fraction of sp³-hybridized carbons (Fsp3) is 0.476. The standard InChI is InChI=1S/C21H26N4O4/c1-13-10-14-11-16(6-7-17(14)24(13)8-9-29-3)22-18(26)12-25-19(27)21(2,15-4-5-15)23-20(25)28/h6-7,10-11,15H,4-5,8-9,12H2,1-3H3,(H,22,26)(H,23,28)/t21-/m0/s1. The quantitative estimate of drug-likeness (QED) is 0.700. The summed E-state index contributed by atoms with van der Waals surface area (Å²) < 4.78 is 7.33. The molecule has 1 atom stereocenters. The van der Waals surface area contributed by atoms with Crippen molar-refractivity contribution in [2.24, 2.45) is 5.92 Å². The van der Waals surface area contributed by atoms with Gasteiger partial charge in [0.15, 0.2) is 0 Å². The summed E-state index contributed by atoms with van der Waals surface area (Å²) in [5.41, 5.74) is 1.92. The average molecular weight is 398 g/mol. The van der Waals surface area contributed by atoms with Gasteiger partial charge >= 0.3 is 6.03 Å². The maximum Gasteiger partial charge on any atom is 0.325 e. The summed E-state index contributed by atoms with van der Waals surface area (Å²) >= 11 is 0. The largest absolute Gasteiger partial charge is 0.383 e. The lowest BCUT2D eigenvalue weighted by molar-refractivity contribution is -0.134. The zero-order chi connectivity index (χ0) is 20.8. The highest BCUT2D eigenvalue weighted by Crippen LogP contribution is 2.42. The number of amides is 4. The molecule has 1 aromatic heterocycles. The van der Waals surface area contributed by atoms with Crippen molar-refractivity contribution < 1.29 is 19.1 Å². The van der Waals surface area contributed by atoms with Gasteiger partial charge in [-0.2, -0.15) is 0 Å². The van der Waals surface area contributed by atoms with E-state index < -0.39 is 17.5 Å². The van der Waals surface area contributed by atoms with Crippen LogP contribution in [0.2, 0.25) is 0 Å². The number of fused-ring (bicyclic) bond motifs is 1. The predicted molar refractivity (Wildman–Crippen MR) is 109 cm³/mol. The molecule has 4 amide bonds. The fourth-order valence-corrected chi connectivity index (χ4v) is 4.11. The Morgan fingerprint density at radius 3 is 2.76 bits per heavy atom. The number of carbonyl (C=O) groups is 3. The molecule has 2 fully saturated rings. The van der Waals surface area contributed by atoms with Crippen molar-refractivity contribution in [3.05, 3.63) is 30.0 Å². The molecule has 1 aliphatic heterocycles. The molecule has 1 aromatic carbocycles. The van der Waals surface area contributed by atoms with Crippen molar-refractivity contribution in [1.29, 1.82) is 0 Å². The van der Waals surface area contributed by atoms with Crippen molar-refractivity contribution in [3.8, 4) is 0 Å². The van der Waals surface area contributed by atoms with Crippen LogP contribution in [0.1, 0.15) is 25.5 Å². The molecular formula is C21H26N4O4. The van der Waals surface area contributed by atoms with E-state index in [9.17, 15) is 14.4 Å². The van der Waals surface area contributed by atoms with Crippen LogP contribution in [0.4, 0.5) is 10.5 Å². The number of ether oxygens (including phenoxy) is 1. The van der Waals surface area contributed by atoms with Crippen LogP contribution in [0.15, 0.2) is 24.3 Å². The molecule has 8 heteroatoms. The molecule has 8 nitrogen and oxygen atoms in total. The highest BCUT2D eigenvalue weighted by Gasteiger charge is 2.56. The van der Waals surface area contributed by atoms with Crippen LogP contribution in [-0.4, -0.2) is 53.1 Å². The van der Waals surface area contributed by atoms with E-state index in [2.05, 4.69) is 21.3 Å². The monoisotopic (exact) mass is 398 g/mol. The van der Waals surface area contributed by atoms with Gasteiger partial charge in [0.05, 0.1) is 6.61 Å². The summed E-state index contributed by atoms with van der Waals surface area (Å²) in [5.74, 6) is -0.551. The van der Waals surface area contributed by atoms with E-state index in [-0.39, 0.29) is 18.4 Å². The summed E-state index contributed by atoms with van der Waals surface area (Å²) in [6.45, 7) is 4.85. The third-order valence-electron chi connectivity index (χ3n) is 5.91. The van der Waals surface area contributed by atoms with E-state index in [0.717, 1.165) is 40.9 Å². The highest BCUT2D eigenvalue weighted by atomic mass is 16.5. The molecule has 1 aliphatic carbocycles. The number of methoxy groups -OCH3 is 1. The Morgan fingerprint density at radius 1 is 1.31 bits per heavy atom. The number of nitrogens with one attached hydrogen (secondary N) is 2. The van der Waals surface area contributed by atoms with E-state index >= 15 is 0 Å². The normalized spacial score (nSPS) is 21.7. The predicted octanol–water partition coefficient (Wildman–Crippen LogP) is 2.26. The van der Waals surface area contributed by atoms with Gasteiger partial charge in [-0.3, -0.25) is 14.5 Å². The summed E-state index contributed by atoms with van der Waals surface area (Å²) in [6, 6.07) is 7.22. The Morgan fingerprint density at radius 2 is 2.07 bits per heavy atom. The van der Waals surface area contributed by atoms with Gasteiger partial charge in [0, 0.05) is 35.9 Å². The van der Waals surface area contributed by atoms with Crippen LogP contribution in [0.5, 0.6) is 0 Å². The summed E-state index contributed by atoms with van der Waals surface area (Å²) in [6.07, 6.45) is 1.85. The van der Waals surface area contributed by atoms with E-state index in [0.29, 0.717) is 12.3 Å². The summed E-state index contributed by atoms with van der Waals surface area (Å²) in [4.78, 5) is 38.4. The van der Waals surface area contributed by atoms with Gasteiger partial charge in [0.25, 0.3) is 5.91 Å². The maximum absolute atomic E-state index is 12.7. The Bertz CT molecular complexity index is 994. The van der Waals surface area contributed by atoms with Gasteiger partial charge in [-0.25, -0.2) is 4.79 Å². The molecule has 29 heavy (non-hydrogen) atoms. The zero-order valence-corrected chi connectivity index (χ0v) is 16.9. The Kier molecular flexibility index (Phi) is 4.82. The number of anilines is 1. The Labute approximate surface area is 169 Å². The zero-order valence-electron chi connectivity index (χ0n) is 16.9. The second kappa shape index (κ2) is 7.18. The molecule has 0 radical (unpaired) electrons. The second-order valence-corrected chi connectivity index (χ2v) is 8.05. The van der Waals surface area contributed by atoms with Crippen LogP contribution in [-0.2, 0) is 20.9 Å². The van der Waals surface area contributed by atoms with Crippen molar-refractivity contribution >= 4 is 34.4 Å². The van der Waals surface area contributed by atoms with Gasteiger partial charge in [-0.05, 0) is 56.9 Å². The van der Waals surface area contributed by atoms with E-state index in [4.69, 9.17) is 4.74 Å². The molecule has 2 heterocycles. The third-order valence-corrected chi connectivity index (χ3v) is 5.91. The number of hydrogen-bond acceptors (Lipinski definition) is 4. The number of rotatable bonds is 7. The number of imide groups is 1. The Hall–Kier alpha value is -2.87. The van der Waals surface area contributed by atoms with Crippen molar-refractivity contribution in [1.82, 2.24) is 14.8 Å². The minimum atomic E-state index is -0.876. The van der Waals surface area contributed by atoms with Gasteiger partial charge in [-0.1, -0.05) is 0 Å². The first-order chi connectivity index (χ1) is 13.8. The van der Waals surface area contributed by atoms with E-state index in [1.807, 2.05) is 25.1 Å². The summed E-state index contributed by atoms with van der Waals surface area (Å²) in [5, 5.41) is 6.56.